The highest BCUT2D eigenvalue weighted by molar-refractivity contribution is 7.99. The number of hydrogen-bond donors (Lipinski definition) is 1. The number of carbonyl (C=O) groups excluding carboxylic acids is 1. The van der Waals surface area contributed by atoms with Gasteiger partial charge in [0.2, 0.25) is 5.91 Å². The largest absolute Gasteiger partial charge is 0.483 e. The number of nitrogens with zero attached hydrogens (tertiary/aromatic N) is 3. The summed E-state index contributed by atoms with van der Waals surface area (Å²) in [5, 5.41) is 12.7. The molecule has 0 spiro atoms. The summed E-state index contributed by atoms with van der Waals surface area (Å²) in [6.45, 7) is 6.55. The predicted molar refractivity (Wildman–Crippen MR) is 117 cm³/mol. The van der Waals surface area contributed by atoms with Crippen molar-refractivity contribution in [3.63, 3.8) is 0 Å². The number of anilines is 1. The number of rotatable bonds is 8. The number of benzene rings is 2. The van der Waals surface area contributed by atoms with Crippen LogP contribution in [0.3, 0.4) is 0 Å². The third-order valence-electron chi connectivity index (χ3n) is 4.27. The highest BCUT2D eigenvalue weighted by atomic mass is 35.5. The van der Waals surface area contributed by atoms with Crippen LogP contribution >= 0.6 is 23.4 Å². The molecule has 152 valence electrons. The number of nitrogens with one attached hydrogen (secondary N) is 1. The maximum absolute atomic E-state index is 12.3. The summed E-state index contributed by atoms with van der Waals surface area (Å²) in [6, 6.07) is 15.0. The van der Waals surface area contributed by atoms with Crippen molar-refractivity contribution in [3.8, 4) is 5.75 Å². The van der Waals surface area contributed by atoms with Gasteiger partial charge in [0.1, 0.15) is 5.75 Å². The maximum Gasteiger partial charge on any atom is 0.234 e. The molecule has 0 aliphatic rings. The quantitative estimate of drug-likeness (QED) is 0.501. The van der Waals surface area contributed by atoms with Gasteiger partial charge in [0.05, 0.1) is 5.75 Å². The summed E-state index contributed by atoms with van der Waals surface area (Å²) < 4.78 is 7.92. The third kappa shape index (κ3) is 5.52. The van der Waals surface area contributed by atoms with Crippen LogP contribution in [0.25, 0.3) is 0 Å². The second kappa shape index (κ2) is 9.80. The number of ether oxygens (including phenoxy) is 1. The van der Waals surface area contributed by atoms with Crippen LogP contribution in [0.4, 0.5) is 5.69 Å². The first-order chi connectivity index (χ1) is 14.0. The minimum atomic E-state index is -0.261. The highest BCUT2D eigenvalue weighted by Crippen LogP contribution is 2.25. The number of carbonyl (C=O) groups is 1. The monoisotopic (exact) mass is 430 g/mol. The molecule has 0 saturated heterocycles. The van der Waals surface area contributed by atoms with Gasteiger partial charge in [0.15, 0.2) is 17.1 Å². The van der Waals surface area contributed by atoms with Crippen molar-refractivity contribution in [1.82, 2.24) is 14.8 Å². The van der Waals surface area contributed by atoms with E-state index in [9.17, 15) is 4.79 Å². The van der Waals surface area contributed by atoms with Crippen LogP contribution in [0.2, 0.25) is 5.02 Å². The van der Waals surface area contributed by atoms with E-state index >= 15 is 0 Å². The SMILES string of the molecule is CCn1c(SCC(=O)Nc2ccc(C)c(Cl)c2)nnc1[C@@H](C)Oc1ccccc1. The van der Waals surface area contributed by atoms with Gasteiger partial charge >= 0.3 is 0 Å². The lowest BCUT2D eigenvalue weighted by Gasteiger charge is -2.15. The second-order valence-electron chi connectivity index (χ2n) is 6.46. The van der Waals surface area contributed by atoms with E-state index in [-0.39, 0.29) is 17.8 Å². The van der Waals surface area contributed by atoms with Crippen molar-refractivity contribution in [2.75, 3.05) is 11.1 Å². The Morgan fingerprint density at radius 2 is 2.00 bits per heavy atom. The van der Waals surface area contributed by atoms with E-state index < -0.39 is 0 Å². The lowest BCUT2D eigenvalue weighted by Crippen LogP contribution is -2.15. The molecule has 1 aromatic heterocycles. The molecule has 8 heteroatoms. The Hall–Kier alpha value is -2.51. The van der Waals surface area contributed by atoms with Gasteiger partial charge < -0.3 is 14.6 Å². The molecule has 6 nitrogen and oxygen atoms in total. The molecule has 1 amide bonds. The Morgan fingerprint density at radius 3 is 2.69 bits per heavy atom. The van der Waals surface area contributed by atoms with Crippen LogP contribution in [-0.2, 0) is 11.3 Å². The minimum absolute atomic E-state index is 0.129. The lowest BCUT2D eigenvalue weighted by atomic mass is 10.2. The van der Waals surface area contributed by atoms with Crippen LogP contribution in [0.15, 0.2) is 53.7 Å². The molecule has 3 rings (SSSR count). The first kappa shape index (κ1) is 21.2. The number of aromatic nitrogens is 3. The van der Waals surface area contributed by atoms with Gasteiger partial charge in [-0.1, -0.05) is 47.6 Å². The molecule has 3 aromatic rings. The zero-order valence-electron chi connectivity index (χ0n) is 16.6. The van der Waals surface area contributed by atoms with E-state index in [2.05, 4.69) is 15.5 Å². The molecule has 0 radical (unpaired) electrons. The summed E-state index contributed by atoms with van der Waals surface area (Å²) in [5.74, 6) is 1.59. The zero-order chi connectivity index (χ0) is 20.8. The fourth-order valence-corrected chi connectivity index (χ4v) is 3.75. The third-order valence-corrected chi connectivity index (χ3v) is 5.64. The number of halogens is 1. The number of thioether (sulfide) groups is 1. The Labute approximate surface area is 179 Å². The van der Waals surface area contributed by atoms with Crippen LogP contribution < -0.4 is 10.1 Å². The van der Waals surface area contributed by atoms with E-state index in [0.717, 1.165) is 17.1 Å². The average molecular weight is 431 g/mol. The Balaban J connectivity index is 1.62. The van der Waals surface area contributed by atoms with E-state index in [4.69, 9.17) is 16.3 Å². The molecule has 0 aliphatic heterocycles. The van der Waals surface area contributed by atoms with Gasteiger partial charge in [-0.05, 0) is 50.6 Å². The molecule has 1 atom stereocenters. The van der Waals surface area contributed by atoms with E-state index in [1.807, 2.05) is 67.8 Å². The average Bonchev–Trinajstić information content (AvgIpc) is 3.13. The molecule has 0 aliphatic carbocycles. The molecule has 29 heavy (non-hydrogen) atoms. The van der Waals surface area contributed by atoms with Crippen molar-refractivity contribution in [1.29, 1.82) is 0 Å². The van der Waals surface area contributed by atoms with Crippen LogP contribution in [-0.4, -0.2) is 26.4 Å². The van der Waals surface area contributed by atoms with Crippen LogP contribution in [0.1, 0.15) is 31.3 Å². The molecule has 2 aromatic carbocycles. The molecule has 0 unspecified atom stereocenters. The zero-order valence-corrected chi connectivity index (χ0v) is 18.1. The maximum atomic E-state index is 12.3. The summed E-state index contributed by atoms with van der Waals surface area (Å²) in [5.41, 5.74) is 1.64. The van der Waals surface area contributed by atoms with Gasteiger partial charge in [-0.2, -0.15) is 0 Å². The molecule has 1 N–H and O–H groups in total. The van der Waals surface area contributed by atoms with E-state index in [0.29, 0.717) is 22.4 Å². The molecular weight excluding hydrogens is 408 g/mol. The van der Waals surface area contributed by atoms with Crippen molar-refractivity contribution in [2.45, 2.75) is 38.6 Å². The minimum Gasteiger partial charge on any atom is -0.483 e. The Morgan fingerprint density at radius 1 is 1.24 bits per heavy atom. The van der Waals surface area contributed by atoms with E-state index in [1.165, 1.54) is 11.8 Å². The molecule has 0 fully saturated rings. The Bertz CT molecular complexity index is 978. The molecule has 0 bridgehead atoms. The lowest BCUT2D eigenvalue weighted by molar-refractivity contribution is -0.113. The van der Waals surface area contributed by atoms with Crippen LogP contribution in [0.5, 0.6) is 5.75 Å². The topological polar surface area (TPSA) is 69.0 Å². The van der Waals surface area contributed by atoms with Crippen molar-refractivity contribution < 1.29 is 9.53 Å². The van der Waals surface area contributed by atoms with Crippen molar-refractivity contribution in [3.05, 3.63) is 64.9 Å². The molecule has 0 saturated carbocycles. The summed E-state index contributed by atoms with van der Waals surface area (Å²) in [6.07, 6.45) is -0.261. The first-order valence-corrected chi connectivity index (χ1v) is 10.7. The number of amides is 1. The van der Waals surface area contributed by atoms with Crippen molar-refractivity contribution in [2.24, 2.45) is 0 Å². The Kier molecular flexibility index (Phi) is 7.17. The molecular formula is C21H23ClN4O2S. The fourth-order valence-electron chi connectivity index (χ4n) is 2.76. The second-order valence-corrected chi connectivity index (χ2v) is 7.81. The van der Waals surface area contributed by atoms with Gasteiger partial charge in [-0.3, -0.25) is 4.79 Å². The van der Waals surface area contributed by atoms with Gasteiger partial charge in [-0.15, -0.1) is 10.2 Å². The first-order valence-electron chi connectivity index (χ1n) is 9.31. The number of para-hydroxylation sites is 1. The summed E-state index contributed by atoms with van der Waals surface area (Å²) in [7, 11) is 0. The predicted octanol–water partition coefficient (Wildman–Crippen LogP) is 5.13. The van der Waals surface area contributed by atoms with Crippen molar-refractivity contribution >= 4 is 35.0 Å². The standard InChI is InChI=1S/C21H23ClN4O2S/c1-4-26-20(15(3)28-17-8-6-5-7-9-17)24-25-21(26)29-13-19(27)23-16-11-10-14(2)18(22)12-16/h5-12,15H,4,13H2,1-3H3,(H,23,27)/t15-/m1/s1. The smallest absolute Gasteiger partial charge is 0.234 e. The fraction of sp³-hybridized carbons (Fsp3) is 0.286. The normalized spacial score (nSPS) is 11.9. The van der Waals surface area contributed by atoms with E-state index in [1.54, 1.807) is 6.07 Å². The number of hydrogen-bond acceptors (Lipinski definition) is 5. The van der Waals surface area contributed by atoms with Crippen LogP contribution in [0, 0.1) is 6.92 Å². The number of aryl methyl sites for hydroxylation is 1. The van der Waals surface area contributed by atoms with Gasteiger partial charge in [-0.25, -0.2) is 0 Å². The molecule has 1 heterocycles. The highest BCUT2D eigenvalue weighted by Gasteiger charge is 2.19. The van der Waals surface area contributed by atoms with Gasteiger partial charge in [0.25, 0.3) is 0 Å². The summed E-state index contributed by atoms with van der Waals surface area (Å²) >= 11 is 7.45. The summed E-state index contributed by atoms with van der Waals surface area (Å²) in [4.78, 5) is 12.3. The van der Waals surface area contributed by atoms with Gasteiger partial charge in [0, 0.05) is 17.3 Å².